The first kappa shape index (κ1) is 25.0. The Morgan fingerprint density at radius 1 is 0.941 bits per heavy atom. The van der Waals surface area contributed by atoms with E-state index in [1.165, 1.54) is 30.7 Å². The van der Waals surface area contributed by atoms with Crippen molar-refractivity contribution in [3.05, 3.63) is 89.2 Å². The number of methoxy groups -OCH3 is 2. The Morgan fingerprint density at radius 2 is 1.59 bits per heavy atom. The number of hydrogen-bond donors (Lipinski definition) is 1. The minimum absolute atomic E-state index is 0.0635. The van der Waals surface area contributed by atoms with Crippen LogP contribution in [0.2, 0.25) is 0 Å². The van der Waals surface area contributed by atoms with Crippen molar-refractivity contribution in [3.63, 3.8) is 0 Å². The number of nitrogens with one attached hydrogen (secondary N) is 1. The molecule has 0 heterocycles. The van der Waals surface area contributed by atoms with Gasteiger partial charge in [0.1, 0.15) is 17.3 Å². The number of carbonyl (C=O) groups excluding carboxylic acids is 1. The van der Waals surface area contributed by atoms with Gasteiger partial charge in [-0.15, -0.1) is 0 Å². The number of anilines is 1. The van der Waals surface area contributed by atoms with Gasteiger partial charge < -0.3 is 14.8 Å². The predicted molar refractivity (Wildman–Crippen MR) is 129 cm³/mol. The molecular formula is C25H27FN2O5S. The van der Waals surface area contributed by atoms with Crippen molar-refractivity contribution < 1.29 is 27.1 Å². The molecule has 0 spiro atoms. The molecule has 0 saturated carbocycles. The lowest BCUT2D eigenvalue weighted by Crippen LogP contribution is -2.30. The lowest BCUT2D eigenvalue weighted by atomic mass is 10.1. The van der Waals surface area contributed by atoms with E-state index in [1.54, 1.807) is 54.6 Å². The lowest BCUT2D eigenvalue weighted by molar-refractivity contribution is 0.0954. The van der Waals surface area contributed by atoms with E-state index in [0.717, 1.165) is 11.8 Å². The average molecular weight is 487 g/mol. The van der Waals surface area contributed by atoms with Crippen LogP contribution in [-0.4, -0.2) is 41.3 Å². The second-order valence-electron chi connectivity index (χ2n) is 7.64. The van der Waals surface area contributed by atoms with E-state index < -0.39 is 10.0 Å². The molecule has 0 saturated heterocycles. The SMILES string of the molecule is COc1ccc(N(Cc2ccc(C(=O)NCCc3ccc(F)cc3)cc2)S(C)(=O)=O)c(OC)c1. The summed E-state index contributed by atoms with van der Waals surface area (Å²) < 4.78 is 49.9. The van der Waals surface area contributed by atoms with Crippen LogP contribution in [0.25, 0.3) is 0 Å². The maximum atomic E-state index is 13.0. The molecule has 0 aromatic heterocycles. The van der Waals surface area contributed by atoms with Crippen molar-refractivity contribution >= 4 is 21.6 Å². The summed E-state index contributed by atoms with van der Waals surface area (Å²) in [5.41, 5.74) is 2.46. The summed E-state index contributed by atoms with van der Waals surface area (Å²) in [5.74, 6) is 0.365. The fourth-order valence-electron chi connectivity index (χ4n) is 3.37. The summed E-state index contributed by atoms with van der Waals surface area (Å²) in [4.78, 5) is 12.4. The standard InChI is InChI=1S/C25H27FN2O5S/c1-32-22-12-13-23(24(16-22)33-2)28(34(3,30)31)17-19-4-8-20(9-5-19)25(29)27-15-14-18-6-10-21(26)11-7-18/h4-13,16H,14-15,17H2,1-3H3,(H,27,29). The van der Waals surface area contributed by atoms with Crippen LogP contribution in [0.1, 0.15) is 21.5 Å². The summed E-state index contributed by atoms with van der Waals surface area (Å²) in [5, 5.41) is 2.83. The van der Waals surface area contributed by atoms with Crippen molar-refractivity contribution in [1.82, 2.24) is 5.32 Å². The summed E-state index contributed by atoms with van der Waals surface area (Å²) in [6, 6.07) is 17.8. The number of rotatable bonds is 10. The van der Waals surface area contributed by atoms with Crippen LogP contribution in [-0.2, 0) is 23.0 Å². The molecule has 0 aliphatic rings. The number of benzene rings is 3. The molecule has 0 atom stereocenters. The third kappa shape index (κ3) is 6.48. The number of hydrogen-bond acceptors (Lipinski definition) is 5. The van der Waals surface area contributed by atoms with Crippen molar-refractivity contribution in [1.29, 1.82) is 0 Å². The summed E-state index contributed by atoms with van der Waals surface area (Å²) in [6.07, 6.45) is 1.71. The Kier molecular flexibility index (Phi) is 8.12. The van der Waals surface area contributed by atoms with Crippen molar-refractivity contribution in [3.8, 4) is 11.5 Å². The predicted octanol–water partition coefficient (Wildman–Crippen LogP) is 3.78. The van der Waals surface area contributed by atoms with Gasteiger partial charge in [-0.2, -0.15) is 0 Å². The molecule has 9 heteroatoms. The van der Waals surface area contributed by atoms with Gasteiger partial charge in [-0.1, -0.05) is 24.3 Å². The number of halogens is 1. The van der Waals surface area contributed by atoms with E-state index in [1.807, 2.05) is 0 Å². The Bertz CT molecular complexity index is 1230. The molecule has 3 aromatic rings. The highest BCUT2D eigenvalue weighted by Gasteiger charge is 2.22. The minimum atomic E-state index is -3.63. The molecule has 0 radical (unpaired) electrons. The van der Waals surface area contributed by atoms with Gasteiger partial charge in [0.15, 0.2) is 0 Å². The van der Waals surface area contributed by atoms with Gasteiger partial charge in [0.2, 0.25) is 10.0 Å². The zero-order chi connectivity index (χ0) is 24.7. The normalized spacial score (nSPS) is 11.1. The first-order valence-corrected chi connectivity index (χ1v) is 12.4. The fourth-order valence-corrected chi connectivity index (χ4v) is 4.26. The number of sulfonamides is 1. The summed E-state index contributed by atoms with van der Waals surface area (Å²) in [7, 11) is -0.648. The smallest absolute Gasteiger partial charge is 0.251 e. The maximum Gasteiger partial charge on any atom is 0.251 e. The molecule has 1 amide bonds. The maximum absolute atomic E-state index is 13.0. The van der Waals surface area contributed by atoms with Crippen LogP contribution < -0.4 is 19.1 Å². The third-order valence-electron chi connectivity index (χ3n) is 5.21. The van der Waals surface area contributed by atoms with Crippen molar-refractivity contribution in [2.45, 2.75) is 13.0 Å². The molecule has 1 N–H and O–H groups in total. The van der Waals surface area contributed by atoms with Gasteiger partial charge >= 0.3 is 0 Å². The molecule has 0 fully saturated rings. The summed E-state index contributed by atoms with van der Waals surface area (Å²) >= 11 is 0. The molecule has 3 aromatic carbocycles. The van der Waals surface area contributed by atoms with Crippen LogP contribution in [0.15, 0.2) is 66.7 Å². The van der Waals surface area contributed by atoms with Gasteiger partial charge in [0.05, 0.1) is 32.7 Å². The third-order valence-corrected chi connectivity index (χ3v) is 6.34. The van der Waals surface area contributed by atoms with Gasteiger partial charge in [-0.25, -0.2) is 12.8 Å². The highest BCUT2D eigenvalue weighted by atomic mass is 32.2. The highest BCUT2D eigenvalue weighted by Crippen LogP contribution is 2.34. The van der Waals surface area contributed by atoms with Gasteiger partial charge in [-0.05, 0) is 53.9 Å². The Morgan fingerprint density at radius 3 is 2.18 bits per heavy atom. The Hall–Kier alpha value is -3.59. The molecule has 0 aliphatic carbocycles. The highest BCUT2D eigenvalue weighted by molar-refractivity contribution is 7.92. The molecule has 180 valence electrons. The number of nitrogens with zero attached hydrogens (tertiary/aromatic N) is 1. The monoisotopic (exact) mass is 486 g/mol. The zero-order valence-electron chi connectivity index (χ0n) is 19.2. The molecule has 0 aliphatic heterocycles. The van der Waals surface area contributed by atoms with Crippen LogP contribution in [0.5, 0.6) is 11.5 Å². The topological polar surface area (TPSA) is 84.9 Å². The number of carbonyl (C=O) groups is 1. The van der Waals surface area contributed by atoms with E-state index >= 15 is 0 Å². The first-order chi connectivity index (χ1) is 16.2. The largest absolute Gasteiger partial charge is 0.497 e. The number of amides is 1. The minimum Gasteiger partial charge on any atom is -0.497 e. The summed E-state index contributed by atoms with van der Waals surface area (Å²) in [6.45, 7) is 0.472. The number of ether oxygens (including phenoxy) is 2. The molecular weight excluding hydrogens is 459 g/mol. The molecule has 7 nitrogen and oxygen atoms in total. The molecule has 0 bridgehead atoms. The second kappa shape index (κ2) is 11.0. The zero-order valence-corrected chi connectivity index (χ0v) is 20.1. The van der Waals surface area contributed by atoms with Gasteiger partial charge in [-0.3, -0.25) is 9.10 Å². The Balaban J connectivity index is 1.68. The molecule has 34 heavy (non-hydrogen) atoms. The van der Waals surface area contributed by atoms with E-state index in [0.29, 0.717) is 41.3 Å². The van der Waals surface area contributed by atoms with Gasteiger partial charge in [0.25, 0.3) is 5.91 Å². The van der Waals surface area contributed by atoms with Crippen molar-refractivity contribution in [2.75, 3.05) is 31.3 Å². The van der Waals surface area contributed by atoms with E-state index in [-0.39, 0.29) is 18.3 Å². The van der Waals surface area contributed by atoms with Crippen LogP contribution in [0.4, 0.5) is 10.1 Å². The van der Waals surface area contributed by atoms with Crippen LogP contribution >= 0.6 is 0 Å². The fraction of sp³-hybridized carbons (Fsp3) is 0.240. The van der Waals surface area contributed by atoms with Gasteiger partial charge in [0, 0.05) is 18.2 Å². The van der Waals surface area contributed by atoms with E-state index in [9.17, 15) is 17.6 Å². The molecule has 3 rings (SSSR count). The van der Waals surface area contributed by atoms with Crippen molar-refractivity contribution in [2.24, 2.45) is 0 Å². The quantitative estimate of drug-likeness (QED) is 0.472. The first-order valence-electron chi connectivity index (χ1n) is 10.5. The van der Waals surface area contributed by atoms with E-state index in [4.69, 9.17) is 9.47 Å². The molecule has 0 unspecified atom stereocenters. The van der Waals surface area contributed by atoms with E-state index in [2.05, 4.69) is 5.32 Å². The van der Waals surface area contributed by atoms with Crippen LogP contribution in [0, 0.1) is 5.82 Å². The van der Waals surface area contributed by atoms with Crippen LogP contribution in [0.3, 0.4) is 0 Å². The second-order valence-corrected chi connectivity index (χ2v) is 9.54. The average Bonchev–Trinajstić information content (AvgIpc) is 2.83. The Labute approximate surface area is 199 Å². The lowest BCUT2D eigenvalue weighted by Gasteiger charge is -2.24.